The van der Waals surface area contributed by atoms with E-state index < -0.39 is 11.2 Å². The molecular formula is C17H28N4O3. The van der Waals surface area contributed by atoms with Gasteiger partial charge in [0.1, 0.15) is 16.9 Å². The quantitative estimate of drug-likeness (QED) is 0.884. The number of likely N-dealkylation sites (tertiary alicyclic amines) is 1. The summed E-state index contributed by atoms with van der Waals surface area (Å²) in [5, 5.41) is 19.2. The Morgan fingerprint density at radius 2 is 2.08 bits per heavy atom. The minimum absolute atomic E-state index is 0.0222. The monoisotopic (exact) mass is 336 g/mol. The average molecular weight is 336 g/mol. The summed E-state index contributed by atoms with van der Waals surface area (Å²) in [7, 11) is 0. The van der Waals surface area contributed by atoms with E-state index in [1.54, 1.807) is 15.8 Å². The van der Waals surface area contributed by atoms with Crippen molar-refractivity contribution in [3.63, 3.8) is 0 Å². The van der Waals surface area contributed by atoms with E-state index >= 15 is 0 Å². The third-order valence-corrected chi connectivity index (χ3v) is 5.27. The van der Waals surface area contributed by atoms with Crippen molar-refractivity contribution in [1.82, 2.24) is 19.9 Å². The van der Waals surface area contributed by atoms with Gasteiger partial charge in [0, 0.05) is 25.6 Å². The van der Waals surface area contributed by atoms with Gasteiger partial charge in [0.15, 0.2) is 0 Å². The molecule has 2 heterocycles. The standard InChI is InChI=1S/C17H28N4O3/c1-4-24-17(7-5-6-8-17)15(22)20-10-9-16(23,12-20)14-11-21(13(2)3)19-18-14/h11,13,23H,4-10,12H2,1-3H3/t16-/m1/s1. The number of amides is 1. The second kappa shape index (κ2) is 6.44. The van der Waals surface area contributed by atoms with Gasteiger partial charge in [0.2, 0.25) is 0 Å². The Morgan fingerprint density at radius 1 is 1.38 bits per heavy atom. The van der Waals surface area contributed by atoms with Crippen LogP contribution in [-0.2, 0) is 15.1 Å². The first kappa shape index (κ1) is 17.4. The molecular weight excluding hydrogens is 308 g/mol. The van der Waals surface area contributed by atoms with Crippen LogP contribution in [0.4, 0.5) is 0 Å². The Kier molecular flexibility index (Phi) is 4.66. The third-order valence-electron chi connectivity index (χ3n) is 5.27. The van der Waals surface area contributed by atoms with Crippen molar-refractivity contribution in [2.24, 2.45) is 0 Å². The zero-order valence-corrected chi connectivity index (χ0v) is 14.9. The Bertz CT molecular complexity index is 594. The molecule has 1 saturated carbocycles. The Morgan fingerprint density at radius 3 is 2.67 bits per heavy atom. The van der Waals surface area contributed by atoms with Gasteiger partial charge >= 0.3 is 0 Å². The molecule has 0 aromatic carbocycles. The molecule has 7 nitrogen and oxygen atoms in total. The number of ether oxygens (including phenoxy) is 1. The van der Waals surface area contributed by atoms with Crippen LogP contribution in [0.2, 0.25) is 0 Å². The molecule has 1 atom stereocenters. The number of hydrogen-bond acceptors (Lipinski definition) is 5. The lowest BCUT2D eigenvalue weighted by molar-refractivity contribution is -0.157. The fourth-order valence-corrected chi connectivity index (χ4v) is 3.85. The van der Waals surface area contributed by atoms with Gasteiger partial charge in [-0.05, 0) is 46.5 Å². The van der Waals surface area contributed by atoms with E-state index in [1.807, 2.05) is 20.8 Å². The van der Waals surface area contributed by atoms with Crippen molar-refractivity contribution >= 4 is 5.91 Å². The third kappa shape index (κ3) is 2.95. The van der Waals surface area contributed by atoms with E-state index in [0.29, 0.717) is 25.3 Å². The number of carbonyl (C=O) groups is 1. The van der Waals surface area contributed by atoms with Crippen LogP contribution in [0, 0.1) is 0 Å². The maximum absolute atomic E-state index is 13.0. The summed E-state index contributed by atoms with van der Waals surface area (Å²) in [6, 6.07) is 0.189. The maximum atomic E-state index is 13.0. The van der Waals surface area contributed by atoms with Gasteiger partial charge in [-0.15, -0.1) is 5.10 Å². The predicted molar refractivity (Wildman–Crippen MR) is 88.3 cm³/mol. The summed E-state index contributed by atoms with van der Waals surface area (Å²) >= 11 is 0. The topological polar surface area (TPSA) is 80.5 Å². The van der Waals surface area contributed by atoms with Gasteiger partial charge < -0.3 is 14.7 Å². The number of nitrogens with zero attached hydrogens (tertiary/aromatic N) is 4. The van der Waals surface area contributed by atoms with Gasteiger partial charge in [-0.3, -0.25) is 4.79 Å². The molecule has 1 saturated heterocycles. The molecule has 0 radical (unpaired) electrons. The van der Waals surface area contributed by atoms with Crippen molar-refractivity contribution in [1.29, 1.82) is 0 Å². The SMILES string of the molecule is CCOC1(C(=O)N2CC[C@](O)(c3cn(C(C)C)nn3)C2)CCCC1. The highest BCUT2D eigenvalue weighted by Gasteiger charge is 2.49. The molecule has 0 bridgehead atoms. The molecule has 1 aromatic heterocycles. The summed E-state index contributed by atoms with van der Waals surface area (Å²) in [5.74, 6) is 0.0222. The molecule has 0 spiro atoms. The number of hydrogen-bond donors (Lipinski definition) is 1. The number of rotatable bonds is 5. The zero-order valence-electron chi connectivity index (χ0n) is 14.9. The van der Waals surface area contributed by atoms with Gasteiger partial charge in [-0.25, -0.2) is 4.68 Å². The van der Waals surface area contributed by atoms with Crippen molar-refractivity contribution in [3.8, 4) is 0 Å². The van der Waals surface area contributed by atoms with Crippen LogP contribution < -0.4 is 0 Å². The second-order valence-corrected chi connectivity index (χ2v) is 7.32. The highest BCUT2D eigenvalue weighted by atomic mass is 16.5. The zero-order chi connectivity index (χ0) is 17.4. The lowest BCUT2D eigenvalue weighted by atomic mass is 9.98. The molecule has 1 aliphatic carbocycles. The van der Waals surface area contributed by atoms with E-state index in [2.05, 4.69) is 10.3 Å². The summed E-state index contributed by atoms with van der Waals surface area (Å²) in [6.07, 6.45) is 5.86. The molecule has 1 aliphatic heterocycles. The molecule has 1 aromatic rings. The van der Waals surface area contributed by atoms with Crippen LogP contribution in [-0.4, -0.2) is 56.2 Å². The van der Waals surface area contributed by atoms with Gasteiger partial charge in [0.25, 0.3) is 5.91 Å². The molecule has 134 valence electrons. The van der Waals surface area contributed by atoms with E-state index in [0.717, 1.165) is 25.7 Å². The molecule has 1 amide bonds. The van der Waals surface area contributed by atoms with E-state index in [9.17, 15) is 9.90 Å². The van der Waals surface area contributed by atoms with Gasteiger partial charge in [0.05, 0.1) is 12.7 Å². The van der Waals surface area contributed by atoms with Crippen molar-refractivity contribution in [3.05, 3.63) is 11.9 Å². The maximum Gasteiger partial charge on any atom is 0.254 e. The molecule has 1 N–H and O–H groups in total. The van der Waals surface area contributed by atoms with Crippen molar-refractivity contribution in [2.75, 3.05) is 19.7 Å². The number of aliphatic hydroxyl groups is 1. The van der Waals surface area contributed by atoms with E-state index in [1.165, 1.54) is 0 Å². The van der Waals surface area contributed by atoms with Gasteiger partial charge in [-0.2, -0.15) is 0 Å². The van der Waals surface area contributed by atoms with Gasteiger partial charge in [-0.1, -0.05) is 5.21 Å². The summed E-state index contributed by atoms with van der Waals surface area (Å²) in [5.41, 5.74) is -1.26. The largest absolute Gasteiger partial charge is 0.381 e. The van der Waals surface area contributed by atoms with Crippen LogP contribution in [0.1, 0.15) is 64.6 Å². The lowest BCUT2D eigenvalue weighted by Crippen LogP contribution is -2.49. The molecule has 3 rings (SSSR count). The van der Waals surface area contributed by atoms with Crippen molar-refractivity contribution in [2.45, 2.75) is 70.1 Å². The summed E-state index contributed by atoms with van der Waals surface area (Å²) < 4.78 is 7.60. The number of carbonyl (C=O) groups excluding carboxylic acids is 1. The van der Waals surface area contributed by atoms with Crippen LogP contribution in [0.15, 0.2) is 6.20 Å². The minimum atomic E-state index is -1.12. The molecule has 7 heteroatoms. The summed E-state index contributed by atoms with van der Waals surface area (Å²) in [6.45, 7) is 7.28. The average Bonchev–Trinajstić information content (AvgIpc) is 3.26. The normalized spacial score (nSPS) is 26.5. The second-order valence-electron chi connectivity index (χ2n) is 7.32. The van der Waals surface area contributed by atoms with Crippen LogP contribution in [0.25, 0.3) is 0 Å². The fourth-order valence-electron chi connectivity index (χ4n) is 3.85. The summed E-state index contributed by atoms with van der Waals surface area (Å²) in [4.78, 5) is 14.8. The Labute approximate surface area is 143 Å². The Balaban J connectivity index is 1.74. The minimum Gasteiger partial charge on any atom is -0.381 e. The smallest absolute Gasteiger partial charge is 0.254 e. The first-order valence-corrected chi connectivity index (χ1v) is 8.98. The lowest BCUT2D eigenvalue weighted by Gasteiger charge is -2.32. The van der Waals surface area contributed by atoms with E-state index in [4.69, 9.17) is 4.74 Å². The van der Waals surface area contributed by atoms with Crippen molar-refractivity contribution < 1.29 is 14.6 Å². The molecule has 2 fully saturated rings. The first-order chi connectivity index (χ1) is 11.4. The predicted octanol–water partition coefficient (Wildman–Crippen LogP) is 1.63. The molecule has 2 aliphatic rings. The molecule has 0 unspecified atom stereocenters. The number of aromatic nitrogens is 3. The highest BCUT2D eigenvalue weighted by Crippen LogP contribution is 2.38. The van der Waals surface area contributed by atoms with Crippen LogP contribution >= 0.6 is 0 Å². The van der Waals surface area contributed by atoms with E-state index in [-0.39, 0.29) is 18.5 Å². The number of β-amino-alcohol motifs (C(OH)–C–C–N with tert-alkyl or cyclic N) is 1. The van der Waals surface area contributed by atoms with Crippen LogP contribution in [0.3, 0.4) is 0 Å². The highest BCUT2D eigenvalue weighted by molar-refractivity contribution is 5.86. The first-order valence-electron chi connectivity index (χ1n) is 8.98. The Hall–Kier alpha value is -1.47. The molecule has 24 heavy (non-hydrogen) atoms. The fraction of sp³-hybridized carbons (Fsp3) is 0.824. The van der Waals surface area contributed by atoms with Crippen LogP contribution in [0.5, 0.6) is 0 Å².